The van der Waals surface area contributed by atoms with Crippen molar-refractivity contribution in [3.63, 3.8) is 0 Å². The summed E-state index contributed by atoms with van der Waals surface area (Å²) in [5.41, 5.74) is 3.54. The molecule has 0 aliphatic carbocycles. The molecule has 1 saturated heterocycles. The third-order valence-corrected chi connectivity index (χ3v) is 6.76. The number of hydrogen-bond acceptors (Lipinski definition) is 12. The molecule has 3 heterocycles. The van der Waals surface area contributed by atoms with Gasteiger partial charge in [-0.05, 0) is 34.2 Å². The quantitative estimate of drug-likeness (QED) is 0.0980. The number of halogens is 3. The topological polar surface area (TPSA) is 265 Å². The number of carboxylic acids is 2. The number of aliphatic carboxylic acids is 2. The smallest absolute Gasteiger partial charge is 0.470 e. The van der Waals surface area contributed by atoms with Crippen LogP contribution in [0, 0.1) is 0 Å². The van der Waals surface area contributed by atoms with E-state index in [-0.39, 0.29) is 60.7 Å². The number of alkyl halides is 3. The van der Waals surface area contributed by atoms with Crippen LogP contribution < -0.4 is 16.2 Å². The Hall–Kier alpha value is -5.71. The monoisotopic (exact) mass is 839 g/mol. The molecule has 5 N–H and O–H groups in total. The molecule has 0 aromatic rings. The second-order valence-electron chi connectivity index (χ2n) is 12.7. The summed E-state index contributed by atoms with van der Waals surface area (Å²) in [6.45, 7) is 16.3. The van der Waals surface area contributed by atoms with Crippen LogP contribution in [0.15, 0.2) is 24.3 Å². The fourth-order valence-electron chi connectivity index (χ4n) is 4.43. The van der Waals surface area contributed by atoms with E-state index in [1.165, 1.54) is 36.1 Å². The zero-order valence-corrected chi connectivity index (χ0v) is 34.9. The number of quaternary nitrogens is 1. The van der Waals surface area contributed by atoms with E-state index in [1.54, 1.807) is 37.7 Å². The summed E-state index contributed by atoms with van der Waals surface area (Å²) in [6.07, 6.45) is 0.252. The average molecular weight is 840 g/mol. The van der Waals surface area contributed by atoms with E-state index in [9.17, 15) is 46.7 Å². The summed E-state index contributed by atoms with van der Waals surface area (Å²) in [5.74, 6) is -5.70. The van der Waals surface area contributed by atoms with Gasteiger partial charge in [-0.2, -0.15) is 13.2 Å². The first-order valence-electron chi connectivity index (χ1n) is 17.7. The number of nitrogens with zero attached hydrogens (tertiary/aromatic N) is 6. The Labute approximate surface area is 335 Å². The summed E-state index contributed by atoms with van der Waals surface area (Å²) in [4.78, 5) is 106. The minimum atomic E-state index is -5.19. The summed E-state index contributed by atoms with van der Waals surface area (Å²) < 4.78 is 33.2. The lowest BCUT2D eigenvalue weighted by Gasteiger charge is -2.28. The molecule has 0 aromatic heterocycles. The first kappa shape index (κ1) is 56.6. The second-order valence-corrected chi connectivity index (χ2v) is 12.7. The van der Waals surface area contributed by atoms with Crippen LogP contribution in [0.5, 0.6) is 0 Å². The van der Waals surface area contributed by atoms with Gasteiger partial charge in [-0.15, -0.1) is 0 Å². The maximum atomic E-state index is 11.3. The van der Waals surface area contributed by atoms with Gasteiger partial charge in [0.1, 0.15) is 5.97 Å². The van der Waals surface area contributed by atoms with Crippen molar-refractivity contribution < 1.29 is 81.7 Å². The first-order chi connectivity index (χ1) is 26.6. The zero-order chi connectivity index (χ0) is 46.1. The number of rotatable bonds is 9. The molecule has 7 amide bonds. The van der Waals surface area contributed by atoms with Gasteiger partial charge >= 0.3 is 12.2 Å². The predicted octanol–water partition coefficient (Wildman–Crippen LogP) is -2.03. The highest BCUT2D eigenvalue weighted by Crippen LogP contribution is 2.13. The lowest BCUT2D eigenvalue weighted by molar-refractivity contribution is -0.484. The highest BCUT2D eigenvalue weighted by Gasteiger charge is 2.35. The van der Waals surface area contributed by atoms with Crippen molar-refractivity contribution in [3.05, 3.63) is 24.3 Å². The molecule has 1 fully saturated rings. The highest BCUT2D eigenvalue weighted by molar-refractivity contribution is 6.13. The second kappa shape index (κ2) is 28.6. The van der Waals surface area contributed by atoms with Crippen molar-refractivity contribution in [3.8, 4) is 0 Å². The Morgan fingerprint density at radius 1 is 0.862 bits per heavy atom. The molecule has 0 saturated carbocycles. The van der Waals surface area contributed by atoms with Gasteiger partial charge in [-0.1, -0.05) is 12.0 Å². The van der Waals surface area contributed by atoms with Crippen LogP contribution >= 0.6 is 0 Å². The van der Waals surface area contributed by atoms with E-state index in [2.05, 4.69) is 50.6 Å². The number of hydrogen-bond donors (Lipinski definition) is 3. The number of carbonyl (C=O) groups excluding carboxylic acids is 8. The molecule has 0 bridgehead atoms. The Morgan fingerprint density at radius 3 is 1.43 bits per heavy atom. The van der Waals surface area contributed by atoms with Gasteiger partial charge in [0.2, 0.25) is 5.91 Å². The van der Waals surface area contributed by atoms with E-state index in [1.807, 2.05) is 0 Å². The minimum absolute atomic E-state index is 0.174. The van der Waals surface area contributed by atoms with Gasteiger partial charge in [0.25, 0.3) is 41.4 Å². The Bertz CT molecular complexity index is 1460. The summed E-state index contributed by atoms with van der Waals surface area (Å²) in [7, 11) is 7.11. The molecule has 0 aromatic carbocycles. The van der Waals surface area contributed by atoms with E-state index in [0.717, 1.165) is 23.4 Å². The summed E-state index contributed by atoms with van der Waals surface area (Å²) in [6, 6.07) is 1.82. The molecule has 20 nitrogen and oxygen atoms in total. The van der Waals surface area contributed by atoms with Crippen molar-refractivity contribution in [1.82, 2.24) is 30.0 Å². The maximum absolute atomic E-state index is 11.3. The van der Waals surface area contributed by atoms with Crippen molar-refractivity contribution >= 4 is 59.3 Å². The molecule has 0 spiro atoms. The van der Waals surface area contributed by atoms with Crippen LogP contribution in [-0.4, -0.2) is 173 Å². The van der Waals surface area contributed by atoms with Crippen LogP contribution in [0.1, 0.15) is 61.3 Å². The fourth-order valence-corrected chi connectivity index (χ4v) is 4.43. The number of amidine groups is 1. The first-order valence-corrected chi connectivity index (χ1v) is 17.7. The van der Waals surface area contributed by atoms with Gasteiger partial charge in [0.05, 0.1) is 41.3 Å². The molecule has 23 heteroatoms. The summed E-state index contributed by atoms with van der Waals surface area (Å²) >= 11 is 0. The van der Waals surface area contributed by atoms with E-state index in [0.29, 0.717) is 37.7 Å². The number of nitrogens with one attached hydrogen (secondary N) is 1. The van der Waals surface area contributed by atoms with Crippen molar-refractivity contribution in [2.24, 2.45) is 0 Å². The number of amides is 7. The van der Waals surface area contributed by atoms with Crippen LogP contribution in [0.25, 0.3) is 0 Å². The fraction of sp³-hybridized carbons (Fsp3) is 0.600. The predicted molar refractivity (Wildman–Crippen MR) is 198 cm³/mol. The third kappa shape index (κ3) is 24.7. The molecule has 0 unspecified atom stereocenters. The van der Waals surface area contributed by atoms with Crippen molar-refractivity contribution in [2.75, 3.05) is 60.9 Å². The van der Waals surface area contributed by atoms with E-state index < -0.39 is 18.1 Å². The largest absolute Gasteiger partial charge is 0.542 e. The van der Waals surface area contributed by atoms with Crippen LogP contribution in [0.2, 0.25) is 0 Å². The number of imide groups is 3. The van der Waals surface area contributed by atoms with Gasteiger partial charge in [0.15, 0.2) is 0 Å². The number of carboxylic acid groups (broad SMARTS) is 2. The maximum Gasteiger partial charge on any atom is 0.470 e. The van der Waals surface area contributed by atoms with Crippen LogP contribution in [-0.2, 0) is 48.0 Å². The van der Waals surface area contributed by atoms with Crippen LogP contribution in [0.3, 0.4) is 0 Å². The average Bonchev–Trinajstić information content (AvgIpc) is 3.70. The Kier molecular flexibility index (Phi) is 28.0. The van der Waals surface area contributed by atoms with Crippen molar-refractivity contribution in [2.45, 2.75) is 79.6 Å². The van der Waals surface area contributed by atoms with Gasteiger partial charge in [-0.3, -0.25) is 57.9 Å². The molecule has 0 radical (unpaired) electrons. The van der Waals surface area contributed by atoms with Gasteiger partial charge < -0.3 is 26.1 Å². The molecule has 3 rings (SSSR count). The Balaban J connectivity index is -0.000000650. The van der Waals surface area contributed by atoms with Crippen molar-refractivity contribution in [1.29, 1.82) is 0 Å². The normalized spacial score (nSPS) is 14.1. The third-order valence-electron chi connectivity index (χ3n) is 6.76. The molecule has 58 heavy (non-hydrogen) atoms. The van der Waals surface area contributed by atoms with Gasteiger partial charge in [-0.25, -0.2) is 9.48 Å². The molecule has 3 aliphatic rings. The molecule has 0 atom stereocenters. The standard InChI is InChI=1S/C9H16N3O3.C8H10N2O3.C8H19N.C6H8N2O2.C2HF3O2.C2H4O2/c1-10(2)9(11(3)4)15-12-7(13)5-6-8(12)14;1-6(11)9-4-5-10-7(12)2-3-8(10)13;1-6-9(7(2)3)8(4)5;7-3-4-8-5(9)1-2-6(8)10;3-2(4,5)1(6)7;1-2(3)4/h5-6H2,1-4H3;2-3H,4-5H2,1H3,(H,9,11);7-8H,6H2,1-5H3;1-2H,3-4,7H2;(H,6,7);1H3,(H,3,4)/q+1;;;;;. The Morgan fingerprint density at radius 2 is 1.21 bits per heavy atom. The van der Waals surface area contributed by atoms with E-state index >= 15 is 0 Å². The number of hydroxylamine groups is 2. The minimum Gasteiger partial charge on any atom is -0.542 e. The number of carbonyl (C=O) groups is 9. The zero-order valence-electron chi connectivity index (χ0n) is 34.9. The lowest BCUT2D eigenvalue weighted by atomic mass is 10.2. The van der Waals surface area contributed by atoms with Gasteiger partial charge in [0, 0.05) is 76.2 Å². The molecule has 3 aliphatic heterocycles. The molecular weight excluding hydrogens is 781 g/mol. The molecule has 330 valence electrons. The van der Waals surface area contributed by atoms with E-state index in [4.69, 9.17) is 24.6 Å². The molecular formula is C35H58F3N8O12+. The highest BCUT2D eigenvalue weighted by atomic mass is 19.4. The SMILES string of the molecule is CC(=O)NCCN1C(=O)C=CC1=O.CC(=O)O.CCN(C(C)C)C(C)C.CN(C)C(ON1C(=O)CCC1=O)=[N+](C)C.O=C([O-])C(F)(F)F.[NH3+]CCN1C(=O)C=CC1=O. The summed E-state index contributed by atoms with van der Waals surface area (Å²) in [5, 5.41) is 19.5. The van der Waals surface area contributed by atoms with Crippen LogP contribution in [0.4, 0.5) is 13.2 Å². The lowest BCUT2D eigenvalue weighted by Crippen LogP contribution is -2.55.